The Morgan fingerprint density at radius 2 is 2.03 bits per heavy atom. The normalized spacial score (nSPS) is 12.8. The highest BCUT2D eigenvalue weighted by atomic mass is 19.4. The number of ether oxygens (including phenoxy) is 2. The zero-order valence-corrected chi connectivity index (χ0v) is 15.9. The van der Waals surface area contributed by atoms with E-state index in [1.165, 1.54) is 30.1 Å². The van der Waals surface area contributed by atoms with Gasteiger partial charge in [0.25, 0.3) is 5.91 Å². The number of anilines is 1. The van der Waals surface area contributed by atoms with Gasteiger partial charge in [-0.15, -0.1) is 13.2 Å². The number of aryl methyl sites for hydroxylation is 1. The largest absolute Gasteiger partial charge is 0.522 e. The van der Waals surface area contributed by atoms with Gasteiger partial charge in [0.2, 0.25) is 0 Å². The summed E-state index contributed by atoms with van der Waals surface area (Å²) in [6.45, 7) is 2.44. The van der Waals surface area contributed by atoms with Gasteiger partial charge in [-0.1, -0.05) is 13.8 Å². The van der Waals surface area contributed by atoms with Crippen LogP contribution >= 0.6 is 0 Å². The number of carbonyl (C=O) groups is 2. The van der Waals surface area contributed by atoms with E-state index in [1.54, 1.807) is 13.8 Å². The summed E-state index contributed by atoms with van der Waals surface area (Å²) in [5, 5.41) is 10.3. The third-order valence-electron chi connectivity index (χ3n) is 3.82. The van der Waals surface area contributed by atoms with Gasteiger partial charge in [0.15, 0.2) is 6.73 Å². The summed E-state index contributed by atoms with van der Waals surface area (Å²) in [7, 11) is 1.40. The molecule has 0 bridgehead atoms. The number of nitrogens with one attached hydrogen (secondary N) is 1. The number of nitrogens with two attached hydrogens (primary N) is 1. The SMILES string of the molecule is CC(C)C(N)C(=O)OCn1nccc1NC(=O)c1cc(COC(F)(F)F)nn1C. The molecule has 0 aliphatic carbocycles. The minimum absolute atomic E-state index is 0.00245. The Kier molecular flexibility index (Phi) is 6.97. The first-order chi connectivity index (χ1) is 13.5. The average molecular weight is 418 g/mol. The molecular formula is C16H21F3N6O4. The van der Waals surface area contributed by atoms with Crippen LogP contribution in [0.25, 0.3) is 0 Å². The maximum atomic E-state index is 12.4. The van der Waals surface area contributed by atoms with Gasteiger partial charge < -0.3 is 15.8 Å². The number of aromatic nitrogens is 4. The molecule has 0 aromatic carbocycles. The van der Waals surface area contributed by atoms with Crippen molar-refractivity contribution in [2.75, 3.05) is 5.32 Å². The second kappa shape index (κ2) is 9.05. The summed E-state index contributed by atoms with van der Waals surface area (Å²) < 4.78 is 47.5. The lowest BCUT2D eigenvalue weighted by molar-refractivity contribution is -0.330. The van der Waals surface area contributed by atoms with Crippen molar-refractivity contribution in [1.29, 1.82) is 0 Å². The first-order valence-corrected chi connectivity index (χ1v) is 8.47. The van der Waals surface area contributed by atoms with E-state index in [-0.39, 0.29) is 29.9 Å². The molecule has 2 aromatic rings. The number of carbonyl (C=O) groups excluding carboxylic acids is 2. The van der Waals surface area contributed by atoms with Gasteiger partial charge in [0.05, 0.1) is 11.9 Å². The summed E-state index contributed by atoms with van der Waals surface area (Å²) in [5.41, 5.74) is 5.63. The van der Waals surface area contributed by atoms with Crippen molar-refractivity contribution < 1.29 is 32.2 Å². The Morgan fingerprint density at radius 1 is 1.34 bits per heavy atom. The van der Waals surface area contributed by atoms with Crippen LogP contribution < -0.4 is 11.1 Å². The van der Waals surface area contributed by atoms with E-state index >= 15 is 0 Å². The quantitative estimate of drug-likeness (QED) is 0.621. The van der Waals surface area contributed by atoms with Crippen molar-refractivity contribution >= 4 is 17.7 Å². The second-order valence-corrected chi connectivity index (χ2v) is 6.41. The van der Waals surface area contributed by atoms with Crippen molar-refractivity contribution in [3.8, 4) is 0 Å². The van der Waals surface area contributed by atoms with Crippen LogP contribution in [0.2, 0.25) is 0 Å². The molecular weight excluding hydrogens is 397 g/mol. The van der Waals surface area contributed by atoms with Crippen LogP contribution in [0.1, 0.15) is 30.0 Å². The van der Waals surface area contributed by atoms with Crippen molar-refractivity contribution in [3.63, 3.8) is 0 Å². The summed E-state index contributed by atoms with van der Waals surface area (Å²) in [6, 6.07) is 1.83. The van der Waals surface area contributed by atoms with Gasteiger partial charge in [-0.2, -0.15) is 10.2 Å². The molecule has 1 unspecified atom stereocenters. The Labute approximate surface area is 163 Å². The number of amides is 1. The standard InChI is InChI=1S/C16H21F3N6O4/c1-9(2)13(20)15(27)28-8-25-12(4-5-21-25)22-14(26)11-6-10(23-24(11)3)7-29-16(17,18)19/h4-6,9,13H,7-8,20H2,1-3H3,(H,22,26). The smallest absolute Gasteiger partial charge is 0.441 e. The zero-order chi connectivity index (χ0) is 21.8. The minimum atomic E-state index is -4.80. The molecule has 0 fully saturated rings. The maximum Gasteiger partial charge on any atom is 0.522 e. The van der Waals surface area contributed by atoms with Crippen LogP contribution in [0.3, 0.4) is 0 Å². The zero-order valence-electron chi connectivity index (χ0n) is 15.9. The van der Waals surface area contributed by atoms with Gasteiger partial charge >= 0.3 is 12.3 Å². The predicted molar refractivity (Wildman–Crippen MR) is 93.1 cm³/mol. The van der Waals surface area contributed by atoms with Crippen LogP contribution in [-0.4, -0.2) is 43.8 Å². The fourth-order valence-corrected chi connectivity index (χ4v) is 2.18. The van der Waals surface area contributed by atoms with Crippen LogP contribution in [-0.2, 0) is 34.7 Å². The maximum absolute atomic E-state index is 12.4. The first-order valence-electron chi connectivity index (χ1n) is 8.47. The van der Waals surface area contributed by atoms with E-state index in [1.807, 2.05) is 0 Å². The predicted octanol–water partition coefficient (Wildman–Crippen LogP) is 1.39. The lowest BCUT2D eigenvalue weighted by Crippen LogP contribution is -2.37. The van der Waals surface area contributed by atoms with Crippen molar-refractivity contribution in [2.45, 2.75) is 39.6 Å². The van der Waals surface area contributed by atoms with Crippen LogP contribution in [0.4, 0.5) is 19.0 Å². The second-order valence-electron chi connectivity index (χ2n) is 6.41. The molecule has 10 nitrogen and oxygen atoms in total. The molecule has 2 heterocycles. The highest BCUT2D eigenvalue weighted by Crippen LogP contribution is 2.19. The number of rotatable bonds is 8. The van der Waals surface area contributed by atoms with Crippen molar-refractivity contribution in [3.05, 3.63) is 29.7 Å². The van der Waals surface area contributed by atoms with E-state index in [0.29, 0.717) is 0 Å². The molecule has 29 heavy (non-hydrogen) atoms. The highest BCUT2D eigenvalue weighted by molar-refractivity contribution is 6.02. The van der Waals surface area contributed by atoms with E-state index < -0.39 is 30.9 Å². The monoisotopic (exact) mass is 418 g/mol. The summed E-state index contributed by atoms with van der Waals surface area (Å²) in [6.07, 6.45) is -3.43. The molecule has 13 heteroatoms. The van der Waals surface area contributed by atoms with Gasteiger partial charge in [0, 0.05) is 13.1 Å². The summed E-state index contributed by atoms with van der Waals surface area (Å²) >= 11 is 0. The van der Waals surface area contributed by atoms with Crippen LogP contribution in [0, 0.1) is 5.92 Å². The third-order valence-corrected chi connectivity index (χ3v) is 3.82. The molecule has 2 aromatic heterocycles. The Balaban J connectivity index is 2.01. The van der Waals surface area contributed by atoms with Gasteiger partial charge in [-0.05, 0) is 12.0 Å². The molecule has 1 amide bonds. The van der Waals surface area contributed by atoms with Crippen molar-refractivity contribution in [2.24, 2.45) is 18.7 Å². The van der Waals surface area contributed by atoms with Crippen LogP contribution in [0.5, 0.6) is 0 Å². The number of alkyl halides is 3. The molecule has 0 saturated carbocycles. The summed E-state index contributed by atoms with van der Waals surface area (Å²) in [5.74, 6) is -1.17. The number of nitrogens with zero attached hydrogens (tertiary/aromatic N) is 4. The number of halogens is 3. The number of esters is 1. The number of hydrogen-bond donors (Lipinski definition) is 2. The Hall–Kier alpha value is -2.93. The molecule has 1 atom stereocenters. The highest BCUT2D eigenvalue weighted by Gasteiger charge is 2.29. The molecule has 0 aliphatic heterocycles. The van der Waals surface area contributed by atoms with Gasteiger partial charge in [-0.3, -0.25) is 19.0 Å². The molecule has 0 aliphatic rings. The van der Waals surface area contributed by atoms with E-state index in [2.05, 4.69) is 20.3 Å². The Morgan fingerprint density at radius 3 is 2.66 bits per heavy atom. The topological polar surface area (TPSA) is 126 Å². The molecule has 3 N–H and O–H groups in total. The third kappa shape index (κ3) is 6.29. The Bertz CT molecular complexity index is 861. The van der Waals surface area contributed by atoms with E-state index in [9.17, 15) is 22.8 Å². The summed E-state index contributed by atoms with van der Waals surface area (Å²) in [4.78, 5) is 24.3. The number of hydrogen-bond acceptors (Lipinski definition) is 7. The molecule has 0 radical (unpaired) electrons. The fraction of sp³-hybridized carbons (Fsp3) is 0.500. The average Bonchev–Trinajstić information content (AvgIpc) is 3.22. The molecule has 160 valence electrons. The van der Waals surface area contributed by atoms with Crippen molar-refractivity contribution in [1.82, 2.24) is 19.6 Å². The van der Waals surface area contributed by atoms with Crippen LogP contribution in [0.15, 0.2) is 18.3 Å². The van der Waals surface area contributed by atoms with E-state index in [0.717, 1.165) is 4.68 Å². The minimum Gasteiger partial charge on any atom is -0.441 e. The van der Waals surface area contributed by atoms with E-state index in [4.69, 9.17) is 10.5 Å². The molecule has 0 saturated heterocycles. The fourth-order valence-electron chi connectivity index (χ4n) is 2.18. The van der Waals surface area contributed by atoms with Gasteiger partial charge in [-0.25, -0.2) is 4.68 Å². The lowest BCUT2D eigenvalue weighted by Gasteiger charge is -2.15. The lowest BCUT2D eigenvalue weighted by atomic mass is 10.1. The molecule has 0 spiro atoms. The molecule has 2 rings (SSSR count). The van der Waals surface area contributed by atoms with Gasteiger partial charge in [0.1, 0.15) is 24.2 Å². The first kappa shape index (κ1) is 22.4.